The van der Waals surface area contributed by atoms with E-state index in [2.05, 4.69) is 5.32 Å². The highest BCUT2D eigenvalue weighted by molar-refractivity contribution is 5.77. The largest absolute Gasteiger partial charge is 0.481 e. The third-order valence-corrected chi connectivity index (χ3v) is 2.78. The summed E-state index contributed by atoms with van der Waals surface area (Å²) in [6.45, 7) is 3.89. The molecule has 1 amide bonds. The summed E-state index contributed by atoms with van der Waals surface area (Å²) >= 11 is 0. The highest BCUT2D eigenvalue weighted by Gasteiger charge is 2.18. The molecule has 0 saturated heterocycles. The highest BCUT2D eigenvalue weighted by Crippen LogP contribution is 2.11. The molecule has 1 atom stereocenters. The van der Waals surface area contributed by atoms with Gasteiger partial charge in [-0.3, -0.25) is 9.59 Å². The fraction of sp³-hybridized carbons (Fsp3) is 0.429. The van der Waals surface area contributed by atoms with Gasteiger partial charge in [0.25, 0.3) is 0 Å². The molecule has 0 aliphatic heterocycles. The minimum Gasteiger partial charge on any atom is -0.481 e. The van der Waals surface area contributed by atoms with Crippen LogP contribution in [0, 0.1) is 12.8 Å². The monoisotopic (exact) mass is 249 g/mol. The highest BCUT2D eigenvalue weighted by atomic mass is 16.4. The number of amides is 1. The summed E-state index contributed by atoms with van der Waals surface area (Å²) in [6, 6.07) is 7.76. The second-order valence-corrected chi connectivity index (χ2v) is 4.39. The second-order valence-electron chi connectivity index (χ2n) is 4.39. The van der Waals surface area contributed by atoms with Crippen LogP contribution < -0.4 is 5.32 Å². The van der Waals surface area contributed by atoms with Gasteiger partial charge in [-0.1, -0.05) is 36.8 Å². The van der Waals surface area contributed by atoms with Crippen LogP contribution in [0.3, 0.4) is 0 Å². The van der Waals surface area contributed by atoms with Crippen molar-refractivity contribution in [2.24, 2.45) is 5.92 Å². The molecule has 18 heavy (non-hydrogen) atoms. The molecular formula is C14H19NO3. The maximum atomic E-state index is 11.1. The van der Waals surface area contributed by atoms with Gasteiger partial charge in [0.1, 0.15) is 0 Å². The Morgan fingerprint density at radius 3 is 2.67 bits per heavy atom. The predicted octanol–water partition coefficient (Wildman–Crippen LogP) is 1.76. The van der Waals surface area contributed by atoms with Crippen molar-refractivity contribution < 1.29 is 14.7 Å². The molecule has 0 fully saturated rings. The lowest BCUT2D eigenvalue weighted by molar-refractivity contribution is -0.141. The van der Waals surface area contributed by atoms with E-state index in [9.17, 15) is 9.59 Å². The molecule has 0 radical (unpaired) electrons. The van der Waals surface area contributed by atoms with E-state index in [0.29, 0.717) is 12.8 Å². The van der Waals surface area contributed by atoms with Crippen LogP contribution >= 0.6 is 0 Å². The number of aliphatic carboxylic acids is 1. The van der Waals surface area contributed by atoms with Gasteiger partial charge in [-0.25, -0.2) is 0 Å². The van der Waals surface area contributed by atoms with Crippen LogP contribution in [-0.4, -0.2) is 23.5 Å². The molecule has 1 aromatic carbocycles. The molecule has 1 aromatic rings. The van der Waals surface area contributed by atoms with E-state index in [4.69, 9.17) is 5.11 Å². The number of carbonyl (C=O) groups excluding carboxylic acids is 1. The predicted molar refractivity (Wildman–Crippen MR) is 69.3 cm³/mol. The zero-order valence-electron chi connectivity index (χ0n) is 10.8. The van der Waals surface area contributed by atoms with Crippen LogP contribution in [0.1, 0.15) is 24.5 Å². The van der Waals surface area contributed by atoms with Gasteiger partial charge in [0.15, 0.2) is 0 Å². The average Bonchev–Trinajstić information content (AvgIpc) is 2.33. The lowest BCUT2D eigenvalue weighted by Crippen LogP contribution is -2.33. The van der Waals surface area contributed by atoms with E-state index in [1.165, 1.54) is 0 Å². The van der Waals surface area contributed by atoms with E-state index < -0.39 is 11.9 Å². The van der Waals surface area contributed by atoms with Gasteiger partial charge < -0.3 is 10.4 Å². The summed E-state index contributed by atoms with van der Waals surface area (Å²) in [5.41, 5.74) is 2.09. The number of carboxylic acids is 1. The number of aryl methyl sites for hydroxylation is 1. The van der Waals surface area contributed by atoms with E-state index in [1.54, 1.807) is 6.92 Å². The molecule has 0 bridgehead atoms. The summed E-state index contributed by atoms with van der Waals surface area (Å²) in [5.74, 6) is -1.58. The lowest BCUT2D eigenvalue weighted by atomic mass is 9.98. The van der Waals surface area contributed by atoms with Gasteiger partial charge in [0, 0.05) is 13.0 Å². The first-order chi connectivity index (χ1) is 8.52. The van der Waals surface area contributed by atoms with Crippen molar-refractivity contribution in [2.45, 2.75) is 26.7 Å². The SMILES string of the molecule is CCC(=O)NCC(Cc1cccc(C)c1)C(=O)O. The van der Waals surface area contributed by atoms with Crippen LogP contribution in [0.25, 0.3) is 0 Å². The van der Waals surface area contributed by atoms with Crippen molar-refractivity contribution in [3.05, 3.63) is 35.4 Å². The van der Waals surface area contributed by atoms with Gasteiger partial charge in [-0.15, -0.1) is 0 Å². The molecule has 0 saturated carbocycles. The van der Waals surface area contributed by atoms with Crippen molar-refractivity contribution in [2.75, 3.05) is 6.54 Å². The summed E-state index contributed by atoms with van der Waals surface area (Å²) < 4.78 is 0. The van der Waals surface area contributed by atoms with E-state index in [-0.39, 0.29) is 12.5 Å². The Hall–Kier alpha value is -1.84. The van der Waals surface area contributed by atoms with Crippen molar-refractivity contribution in [3.63, 3.8) is 0 Å². The zero-order chi connectivity index (χ0) is 13.5. The molecule has 4 heteroatoms. The van der Waals surface area contributed by atoms with Crippen LogP contribution in [0.4, 0.5) is 0 Å². The number of hydrogen-bond acceptors (Lipinski definition) is 2. The number of carbonyl (C=O) groups is 2. The summed E-state index contributed by atoms with van der Waals surface area (Å²) in [6.07, 6.45) is 0.803. The van der Waals surface area contributed by atoms with Crippen molar-refractivity contribution in [1.82, 2.24) is 5.32 Å². The molecule has 98 valence electrons. The Labute approximate surface area is 107 Å². The zero-order valence-corrected chi connectivity index (χ0v) is 10.8. The smallest absolute Gasteiger partial charge is 0.308 e. The molecule has 1 unspecified atom stereocenters. The van der Waals surface area contributed by atoms with Crippen LogP contribution in [0.2, 0.25) is 0 Å². The number of benzene rings is 1. The van der Waals surface area contributed by atoms with Crippen LogP contribution in [0.15, 0.2) is 24.3 Å². The maximum Gasteiger partial charge on any atom is 0.308 e. The summed E-state index contributed by atoms with van der Waals surface area (Å²) in [7, 11) is 0. The molecule has 0 aliphatic rings. The van der Waals surface area contributed by atoms with Crippen LogP contribution in [0.5, 0.6) is 0 Å². The maximum absolute atomic E-state index is 11.1. The molecule has 2 N–H and O–H groups in total. The standard InChI is InChI=1S/C14H19NO3/c1-3-13(16)15-9-12(14(17)18)8-11-6-4-5-10(2)7-11/h4-7,12H,3,8-9H2,1-2H3,(H,15,16)(H,17,18). The van der Waals surface area contributed by atoms with E-state index in [1.807, 2.05) is 31.2 Å². The van der Waals surface area contributed by atoms with Gasteiger partial charge in [-0.05, 0) is 18.9 Å². The Morgan fingerprint density at radius 1 is 1.39 bits per heavy atom. The van der Waals surface area contributed by atoms with Crippen molar-refractivity contribution in [1.29, 1.82) is 0 Å². The van der Waals surface area contributed by atoms with Crippen LogP contribution in [-0.2, 0) is 16.0 Å². The number of hydrogen-bond donors (Lipinski definition) is 2. The summed E-state index contributed by atoms with van der Waals surface area (Å²) in [4.78, 5) is 22.3. The third-order valence-electron chi connectivity index (χ3n) is 2.78. The van der Waals surface area contributed by atoms with Gasteiger partial charge in [0.05, 0.1) is 5.92 Å². The second kappa shape index (κ2) is 6.79. The average molecular weight is 249 g/mol. The Morgan fingerprint density at radius 2 is 2.11 bits per heavy atom. The van der Waals surface area contributed by atoms with E-state index >= 15 is 0 Å². The molecular weight excluding hydrogens is 230 g/mol. The van der Waals surface area contributed by atoms with Gasteiger partial charge >= 0.3 is 5.97 Å². The minimum atomic E-state index is -0.882. The number of nitrogens with one attached hydrogen (secondary N) is 1. The molecule has 4 nitrogen and oxygen atoms in total. The molecule has 0 heterocycles. The van der Waals surface area contributed by atoms with Gasteiger partial charge in [0.2, 0.25) is 5.91 Å². The Kier molecular flexibility index (Phi) is 5.36. The third kappa shape index (κ3) is 4.57. The summed E-state index contributed by atoms with van der Waals surface area (Å²) in [5, 5.41) is 11.8. The van der Waals surface area contributed by atoms with Gasteiger partial charge in [-0.2, -0.15) is 0 Å². The fourth-order valence-electron chi connectivity index (χ4n) is 1.73. The first kappa shape index (κ1) is 14.2. The molecule has 0 aliphatic carbocycles. The van der Waals surface area contributed by atoms with Crippen molar-refractivity contribution in [3.8, 4) is 0 Å². The van der Waals surface area contributed by atoms with Crippen molar-refractivity contribution >= 4 is 11.9 Å². The Balaban J connectivity index is 2.63. The van der Waals surface area contributed by atoms with E-state index in [0.717, 1.165) is 11.1 Å². The minimum absolute atomic E-state index is 0.120. The Bertz CT molecular complexity index is 429. The number of carboxylic acid groups (broad SMARTS) is 1. The quantitative estimate of drug-likeness (QED) is 0.807. The molecule has 0 aromatic heterocycles. The number of rotatable bonds is 6. The fourth-order valence-corrected chi connectivity index (χ4v) is 1.73. The first-order valence-electron chi connectivity index (χ1n) is 6.08. The first-order valence-corrected chi connectivity index (χ1v) is 6.08. The molecule has 1 rings (SSSR count). The normalized spacial score (nSPS) is 11.9. The molecule has 0 spiro atoms. The topological polar surface area (TPSA) is 66.4 Å². The lowest BCUT2D eigenvalue weighted by Gasteiger charge is -2.13.